The van der Waals surface area contributed by atoms with Crippen molar-refractivity contribution in [1.29, 1.82) is 0 Å². The Morgan fingerprint density at radius 1 is 1.11 bits per heavy atom. The van der Waals surface area contributed by atoms with Crippen molar-refractivity contribution in [1.82, 2.24) is 0 Å². The summed E-state index contributed by atoms with van der Waals surface area (Å²) in [5, 5.41) is 0. The van der Waals surface area contributed by atoms with E-state index in [9.17, 15) is 0 Å². The van der Waals surface area contributed by atoms with Gasteiger partial charge in [-0.1, -0.05) is 0 Å². The van der Waals surface area contributed by atoms with Gasteiger partial charge in [0.1, 0.15) is 0 Å². The molecule has 9 heavy (non-hydrogen) atoms. The predicted molar refractivity (Wildman–Crippen MR) is 33.3 cm³/mol. The van der Waals surface area contributed by atoms with Crippen LogP contribution in [0.4, 0.5) is 0 Å². The van der Waals surface area contributed by atoms with E-state index in [4.69, 9.17) is 9.47 Å². The molecule has 0 amide bonds. The van der Waals surface area contributed by atoms with E-state index in [2.05, 4.69) is 0 Å². The van der Waals surface area contributed by atoms with Crippen LogP contribution in [-0.4, -0.2) is 25.9 Å². The zero-order valence-electron chi connectivity index (χ0n) is 5.51. The summed E-state index contributed by atoms with van der Waals surface area (Å²) < 4.78 is 10.7. The molecule has 2 fully saturated rings. The van der Waals surface area contributed by atoms with Crippen LogP contribution in [0, 0.1) is 5.92 Å². The van der Waals surface area contributed by atoms with Crippen molar-refractivity contribution in [2.24, 2.45) is 5.92 Å². The standard InChI is InChI=1S/C7H12O2/c1-3-8-5-7-6(1)2-4-9-7/h6-7H,1-5H2/t6-,7-/m0/s1. The van der Waals surface area contributed by atoms with E-state index in [0.29, 0.717) is 6.10 Å². The van der Waals surface area contributed by atoms with Gasteiger partial charge in [0.15, 0.2) is 0 Å². The van der Waals surface area contributed by atoms with Gasteiger partial charge < -0.3 is 9.47 Å². The number of fused-ring (bicyclic) bond motifs is 1. The molecule has 0 aromatic heterocycles. The fraction of sp³-hybridized carbons (Fsp3) is 1.00. The highest BCUT2D eigenvalue weighted by atomic mass is 16.5. The molecule has 0 radical (unpaired) electrons. The van der Waals surface area contributed by atoms with E-state index in [1.54, 1.807) is 0 Å². The van der Waals surface area contributed by atoms with E-state index in [1.165, 1.54) is 12.8 Å². The molecule has 0 N–H and O–H groups in total. The Hall–Kier alpha value is -0.0800. The summed E-state index contributed by atoms with van der Waals surface area (Å²) in [7, 11) is 0. The number of ether oxygens (including phenoxy) is 2. The Labute approximate surface area is 55.1 Å². The van der Waals surface area contributed by atoms with Crippen LogP contribution in [0.2, 0.25) is 0 Å². The zero-order valence-corrected chi connectivity index (χ0v) is 5.51. The fourth-order valence-electron chi connectivity index (χ4n) is 1.64. The van der Waals surface area contributed by atoms with E-state index < -0.39 is 0 Å². The van der Waals surface area contributed by atoms with Gasteiger partial charge in [-0.2, -0.15) is 0 Å². The first kappa shape index (κ1) is 5.69. The molecular weight excluding hydrogens is 116 g/mol. The van der Waals surface area contributed by atoms with E-state index in [1.807, 2.05) is 0 Å². The van der Waals surface area contributed by atoms with Gasteiger partial charge in [0.05, 0.1) is 12.7 Å². The lowest BCUT2D eigenvalue weighted by Crippen LogP contribution is -2.28. The molecule has 2 aliphatic heterocycles. The summed E-state index contributed by atoms with van der Waals surface area (Å²) in [5.74, 6) is 0.818. The van der Waals surface area contributed by atoms with Crippen molar-refractivity contribution >= 4 is 0 Å². The molecule has 2 aliphatic rings. The number of hydrogen-bond acceptors (Lipinski definition) is 2. The highest BCUT2D eigenvalue weighted by Gasteiger charge is 2.30. The van der Waals surface area contributed by atoms with E-state index in [0.717, 1.165) is 25.7 Å². The van der Waals surface area contributed by atoms with E-state index >= 15 is 0 Å². The molecule has 0 aromatic carbocycles. The van der Waals surface area contributed by atoms with Gasteiger partial charge in [0.2, 0.25) is 0 Å². The summed E-state index contributed by atoms with van der Waals surface area (Å²) in [4.78, 5) is 0. The van der Waals surface area contributed by atoms with Crippen molar-refractivity contribution < 1.29 is 9.47 Å². The molecule has 2 heterocycles. The molecule has 2 rings (SSSR count). The second-order valence-corrected chi connectivity index (χ2v) is 2.82. The summed E-state index contributed by atoms with van der Waals surface area (Å²) in [6, 6.07) is 0. The van der Waals surface area contributed by atoms with Crippen LogP contribution in [0.5, 0.6) is 0 Å². The van der Waals surface area contributed by atoms with Crippen LogP contribution in [0.3, 0.4) is 0 Å². The van der Waals surface area contributed by atoms with Crippen molar-refractivity contribution in [3.8, 4) is 0 Å². The molecule has 0 aliphatic carbocycles. The molecule has 52 valence electrons. The molecular formula is C7H12O2. The van der Waals surface area contributed by atoms with Crippen LogP contribution >= 0.6 is 0 Å². The fourth-order valence-corrected chi connectivity index (χ4v) is 1.64. The maximum atomic E-state index is 5.43. The molecule has 0 aromatic rings. The number of hydrogen-bond donors (Lipinski definition) is 0. The SMILES string of the molecule is C1C[C@H]2CCO[C@H]2CO1. The van der Waals surface area contributed by atoms with Gasteiger partial charge in [0, 0.05) is 13.2 Å². The lowest BCUT2D eigenvalue weighted by atomic mass is 9.97. The lowest BCUT2D eigenvalue weighted by Gasteiger charge is -2.23. The first-order valence-corrected chi connectivity index (χ1v) is 3.66. The first-order valence-electron chi connectivity index (χ1n) is 3.66. The van der Waals surface area contributed by atoms with Crippen molar-refractivity contribution in [3.05, 3.63) is 0 Å². The smallest absolute Gasteiger partial charge is 0.0838 e. The van der Waals surface area contributed by atoms with Gasteiger partial charge in [-0.25, -0.2) is 0 Å². The van der Waals surface area contributed by atoms with Gasteiger partial charge >= 0.3 is 0 Å². The minimum Gasteiger partial charge on any atom is -0.379 e. The molecule has 0 spiro atoms. The molecule has 2 atom stereocenters. The third kappa shape index (κ3) is 0.970. The van der Waals surface area contributed by atoms with Gasteiger partial charge in [-0.15, -0.1) is 0 Å². The molecule has 0 saturated carbocycles. The third-order valence-corrected chi connectivity index (χ3v) is 2.26. The van der Waals surface area contributed by atoms with Gasteiger partial charge in [-0.05, 0) is 18.8 Å². The third-order valence-electron chi connectivity index (χ3n) is 2.26. The van der Waals surface area contributed by atoms with Crippen LogP contribution in [-0.2, 0) is 9.47 Å². The summed E-state index contributed by atoms with van der Waals surface area (Å²) in [6.45, 7) is 2.74. The van der Waals surface area contributed by atoms with Crippen LogP contribution in [0.15, 0.2) is 0 Å². The summed E-state index contributed by atoms with van der Waals surface area (Å²) >= 11 is 0. The van der Waals surface area contributed by atoms with Crippen LogP contribution in [0.1, 0.15) is 12.8 Å². The molecule has 2 nitrogen and oxygen atoms in total. The van der Waals surface area contributed by atoms with Crippen molar-refractivity contribution in [2.45, 2.75) is 18.9 Å². The largest absolute Gasteiger partial charge is 0.379 e. The topological polar surface area (TPSA) is 18.5 Å². The van der Waals surface area contributed by atoms with Crippen molar-refractivity contribution in [3.63, 3.8) is 0 Å². The molecule has 2 saturated heterocycles. The molecule has 0 bridgehead atoms. The van der Waals surface area contributed by atoms with Gasteiger partial charge in [0.25, 0.3) is 0 Å². The Kier molecular flexibility index (Phi) is 1.44. The monoisotopic (exact) mass is 128 g/mol. The second kappa shape index (κ2) is 2.27. The number of rotatable bonds is 0. The average Bonchev–Trinajstić information content (AvgIpc) is 2.33. The van der Waals surface area contributed by atoms with Crippen molar-refractivity contribution in [2.75, 3.05) is 19.8 Å². The highest BCUT2D eigenvalue weighted by Crippen LogP contribution is 2.27. The quantitative estimate of drug-likeness (QED) is 0.480. The zero-order chi connectivity index (χ0) is 6.10. The normalized spacial score (nSPS) is 42.7. The predicted octanol–water partition coefficient (Wildman–Crippen LogP) is 0.812. The lowest BCUT2D eigenvalue weighted by molar-refractivity contribution is -0.0348. The second-order valence-electron chi connectivity index (χ2n) is 2.82. The van der Waals surface area contributed by atoms with Crippen LogP contribution < -0.4 is 0 Å². The Morgan fingerprint density at radius 2 is 2.00 bits per heavy atom. The highest BCUT2D eigenvalue weighted by molar-refractivity contribution is 4.78. The summed E-state index contributed by atoms with van der Waals surface area (Å²) in [5.41, 5.74) is 0. The van der Waals surface area contributed by atoms with Crippen LogP contribution in [0.25, 0.3) is 0 Å². The molecule has 0 unspecified atom stereocenters. The van der Waals surface area contributed by atoms with E-state index in [-0.39, 0.29) is 0 Å². The molecule has 2 heteroatoms. The minimum absolute atomic E-state index is 0.443. The maximum Gasteiger partial charge on any atom is 0.0838 e. The Morgan fingerprint density at radius 3 is 2.89 bits per heavy atom. The summed E-state index contributed by atoms with van der Waals surface area (Å²) in [6.07, 6.45) is 2.91. The minimum atomic E-state index is 0.443. The maximum absolute atomic E-state index is 5.43. The first-order chi connectivity index (χ1) is 4.47. The Bertz CT molecular complexity index is 91.1. The average molecular weight is 128 g/mol. The van der Waals surface area contributed by atoms with Gasteiger partial charge in [-0.3, -0.25) is 0 Å². The Balaban J connectivity index is 1.97.